The molecule has 1 amide bonds. The van der Waals surface area contributed by atoms with Gasteiger partial charge in [0.1, 0.15) is 18.5 Å². The zero-order valence-electron chi connectivity index (χ0n) is 11.1. The van der Waals surface area contributed by atoms with E-state index in [1.54, 1.807) is 0 Å². The topological polar surface area (TPSA) is 70.6 Å². The van der Waals surface area contributed by atoms with Crippen LogP contribution in [-0.2, 0) is 11.2 Å². The number of benzene rings is 1. The number of carbonyl (C=O) groups is 1. The third kappa shape index (κ3) is 3.94. The molecule has 0 aliphatic carbocycles. The molecule has 0 saturated heterocycles. The highest BCUT2D eigenvalue weighted by Crippen LogP contribution is 2.27. The van der Waals surface area contributed by atoms with Crippen molar-refractivity contribution < 1.29 is 14.6 Å². The van der Waals surface area contributed by atoms with Crippen LogP contribution in [0.15, 0.2) is 18.2 Å². The largest absolute Gasteiger partial charge is 0.491 e. The van der Waals surface area contributed by atoms with Gasteiger partial charge in [0.25, 0.3) is 0 Å². The van der Waals surface area contributed by atoms with E-state index in [0.717, 1.165) is 24.2 Å². The number of hydrogen-bond acceptors (Lipinski definition) is 4. The number of carbonyl (C=O) groups excluding carboxylic acids is 1. The summed E-state index contributed by atoms with van der Waals surface area (Å²) in [5.41, 5.74) is 1.94. The molecule has 1 aliphatic heterocycles. The predicted molar refractivity (Wildman–Crippen MR) is 73.4 cm³/mol. The average Bonchev–Trinajstić information content (AvgIpc) is 2.42. The van der Waals surface area contributed by atoms with E-state index >= 15 is 0 Å². The smallest absolute Gasteiger partial charge is 0.224 e. The lowest BCUT2D eigenvalue weighted by molar-refractivity contribution is -0.116. The van der Waals surface area contributed by atoms with E-state index in [2.05, 4.69) is 10.6 Å². The first-order valence-electron chi connectivity index (χ1n) is 6.63. The molecular formula is C14H20N2O3. The lowest BCUT2D eigenvalue weighted by atomic mass is 10.0. The zero-order valence-corrected chi connectivity index (χ0v) is 11.1. The van der Waals surface area contributed by atoms with E-state index in [-0.39, 0.29) is 12.5 Å². The normalized spacial score (nSPS) is 15.6. The van der Waals surface area contributed by atoms with Crippen LogP contribution in [0.1, 0.15) is 18.9 Å². The summed E-state index contributed by atoms with van der Waals surface area (Å²) in [5.74, 6) is 0.702. The first kappa shape index (κ1) is 13.8. The maximum atomic E-state index is 11.3. The van der Waals surface area contributed by atoms with Gasteiger partial charge in [0, 0.05) is 24.7 Å². The standard InChI is InChI=1S/C14H20N2O3/c1-2-15-8-11(17)9-19-12-5-3-10-4-6-14(18)16-13(10)7-12/h3,5,7,11,15,17H,2,4,6,8-9H2,1H3,(H,16,18). The van der Waals surface area contributed by atoms with E-state index < -0.39 is 6.10 Å². The second-order valence-electron chi connectivity index (χ2n) is 4.64. The number of ether oxygens (including phenoxy) is 1. The molecule has 1 unspecified atom stereocenters. The quantitative estimate of drug-likeness (QED) is 0.714. The zero-order chi connectivity index (χ0) is 13.7. The summed E-state index contributed by atoms with van der Waals surface area (Å²) in [6.07, 6.45) is 0.768. The molecule has 5 heteroatoms. The van der Waals surface area contributed by atoms with Gasteiger partial charge < -0.3 is 20.5 Å². The van der Waals surface area contributed by atoms with E-state index in [9.17, 15) is 9.90 Å². The van der Waals surface area contributed by atoms with E-state index in [1.807, 2.05) is 25.1 Å². The number of aryl methyl sites for hydroxylation is 1. The minimum Gasteiger partial charge on any atom is -0.491 e. The van der Waals surface area contributed by atoms with Crippen LogP contribution in [0.4, 0.5) is 5.69 Å². The van der Waals surface area contributed by atoms with Gasteiger partial charge in [0.05, 0.1) is 0 Å². The van der Waals surface area contributed by atoms with Crippen molar-refractivity contribution in [2.45, 2.75) is 25.9 Å². The number of aliphatic hydroxyl groups is 1. The van der Waals surface area contributed by atoms with Gasteiger partial charge in [-0.1, -0.05) is 13.0 Å². The van der Waals surface area contributed by atoms with Gasteiger partial charge in [0.15, 0.2) is 0 Å². The van der Waals surface area contributed by atoms with Gasteiger partial charge in [-0.2, -0.15) is 0 Å². The molecule has 2 rings (SSSR count). The third-order valence-electron chi connectivity index (χ3n) is 3.05. The first-order chi connectivity index (χ1) is 9.19. The molecule has 5 nitrogen and oxygen atoms in total. The molecule has 19 heavy (non-hydrogen) atoms. The fourth-order valence-electron chi connectivity index (χ4n) is 2.00. The van der Waals surface area contributed by atoms with Gasteiger partial charge >= 0.3 is 0 Å². The molecule has 0 fully saturated rings. The Balaban J connectivity index is 1.91. The van der Waals surface area contributed by atoms with Crippen LogP contribution in [-0.4, -0.2) is 36.8 Å². The minimum atomic E-state index is -0.537. The Hall–Kier alpha value is -1.59. The van der Waals surface area contributed by atoms with Gasteiger partial charge in [-0.05, 0) is 24.6 Å². The Labute approximate surface area is 113 Å². The van der Waals surface area contributed by atoms with Crippen LogP contribution in [0, 0.1) is 0 Å². The monoisotopic (exact) mass is 264 g/mol. The highest BCUT2D eigenvalue weighted by atomic mass is 16.5. The van der Waals surface area contributed by atoms with Crippen molar-refractivity contribution in [3.63, 3.8) is 0 Å². The van der Waals surface area contributed by atoms with Gasteiger partial charge in [-0.3, -0.25) is 4.79 Å². The first-order valence-corrected chi connectivity index (χ1v) is 6.63. The van der Waals surface area contributed by atoms with Crippen molar-refractivity contribution in [2.24, 2.45) is 0 Å². The SMILES string of the molecule is CCNCC(O)COc1ccc2c(c1)NC(=O)CC2. The molecule has 0 aromatic heterocycles. The van der Waals surface area contributed by atoms with Gasteiger partial charge in [-0.25, -0.2) is 0 Å². The van der Waals surface area contributed by atoms with Crippen molar-refractivity contribution in [1.29, 1.82) is 0 Å². The molecular weight excluding hydrogens is 244 g/mol. The molecule has 0 bridgehead atoms. The van der Waals surface area contributed by atoms with Crippen LogP contribution >= 0.6 is 0 Å². The summed E-state index contributed by atoms with van der Waals surface area (Å²) in [6.45, 7) is 3.56. The molecule has 0 radical (unpaired) electrons. The van der Waals surface area contributed by atoms with Crippen LogP contribution < -0.4 is 15.4 Å². The lowest BCUT2D eigenvalue weighted by Gasteiger charge is -2.18. The Kier molecular flexibility index (Phi) is 4.76. The van der Waals surface area contributed by atoms with E-state index in [4.69, 9.17) is 4.74 Å². The maximum absolute atomic E-state index is 11.3. The molecule has 1 heterocycles. The number of rotatable bonds is 6. The number of anilines is 1. The van der Waals surface area contributed by atoms with Crippen molar-refractivity contribution in [1.82, 2.24) is 5.32 Å². The van der Waals surface area contributed by atoms with Crippen LogP contribution in [0.5, 0.6) is 5.75 Å². The molecule has 0 spiro atoms. The summed E-state index contributed by atoms with van der Waals surface area (Å²) in [5, 5.41) is 15.5. The van der Waals surface area contributed by atoms with E-state index in [0.29, 0.717) is 18.7 Å². The van der Waals surface area contributed by atoms with Gasteiger partial charge in [0.2, 0.25) is 5.91 Å². The Morgan fingerprint density at radius 2 is 2.32 bits per heavy atom. The predicted octanol–water partition coefficient (Wildman–Crippen LogP) is 0.920. The molecule has 1 aliphatic rings. The number of fused-ring (bicyclic) bond motifs is 1. The van der Waals surface area contributed by atoms with Gasteiger partial charge in [-0.15, -0.1) is 0 Å². The number of hydrogen-bond donors (Lipinski definition) is 3. The highest BCUT2D eigenvalue weighted by molar-refractivity contribution is 5.94. The molecule has 1 aromatic rings. The molecule has 1 atom stereocenters. The van der Waals surface area contributed by atoms with Crippen LogP contribution in [0.2, 0.25) is 0 Å². The van der Waals surface area contributed by atoms with Crippen molar-refractivity contribution in [3.8, 4) is 5.75 Å². The summed E-state index contributed by atoms with van der Waals surface area (Å²) in [7, 11) is 0. The minimum absolute atomic E-state index is 0.0387. The van der Waals surface area contributed by atoms with E-state index in [1.165, 1.54) is 0 Å². The Bertz CT molecular complexity index is 448. The molecule has 0 saturated carbocycles. The highest BCUT2D eigenvalue weighted by Gasteiger charge is 2.15. The summed E-state index contributed by atoms with van der Waals surface area (Å²) < 4.78 is 5.52. The lowest BCUT2D eigenvalue weighted by Crippen LogP contribution is -2.31. The number of likely N-dealkylation sites (N-methyl/N-ethyl adjacent to an activating group) is 1. The second kappa shape index (κ2) is 6.54. The van der Waals surface area contributed by atoms with Crippen molar-refractivity contribution >= 4 is 11.6 Å². The average molecular weight is 264 g/mol. The summed E-state index contributed by atoms with van der Waals surface area (Å²) in [6, 6.07) is 5.64. The molecule has 3 N–H and O–H groups in total. The van der Waals surface area contributed by atoms with Crippen molar-refractivity contribution in [2.75, 3.05) is 25.0 Å². The molecule has 104 valence electrons. The number of nitrogens with one attached hydrogen (secondary N) is 2. The van der Waals surface area contributed by atoms with Crippen LogP contribution in [0.3, 0.4) is 0 Å². The second-order valence-corrected chi connectivity index (χ2v) is 4.64. The summed E-state index contributed by atoms with van der Waals surface area (Å²) >= 11 is 0. The number of aliphatic hydroxyl groups excluding tert-OH is 1. The fraction of sp³-hybridized carbons (Fsp3) is 0.500. The van der Waals surface area contributed by atoms with Crippen LogP contribution in [0.25, 0.3) is 0 Å². The summed E-state index contributed by atoms with van der Waals surface area (Å²) in [4.78, 5) is 11.3. The maximum Gasteiger partial charge on any atom is 0.224 e. The number of amides is 1. The third-order valence-corrected chi connectivity index (χ3v) is 3.05. The Morgan fingerprint density at radius 3 is 3.11 bits per heavy atom. The molecule has 1 aromatic carbocycles. The van der Waals surface area contributed by atoms with Crippen molar-refractivity contribution in [3.05, 3.63) is 23.8 Å². The fourth-order valence-corrected chi connectivity index (χ4v) is 2.00. The Morgan fingerprint density at radius 1 is 1.47 bits per heavy atom.